The lowest BCUT2D eigenvalue weighted by atomic mass is 9.85. The first kappa shape index (κ1) is 19.2. The first-order valence-corrected chi connectivity index (χ1v) is 8.86. The lowest BCUT2D eigenvalue weighted by molar-refractivity contribution is -0.274. The Hall–Kier alpha value is -2.55. The minimum atomic E-state index is -4.81. The maximum Gasteiger partial charge on any atom is 0.573 e. The van der Waals surface area contributed by atoms with Crippen molar-refractivity contribution in [2.75, 3.05) is 5.32 Å². The summed E-state index contributed by atoms with van der Waals surface area (Å²) in [5, 5.41) is 12.4. The minimum absolute atomic E-state index is 0.0860. The quantitative estimate of drug-likeness (QED) is 0.773. The zero-order valence-corrected chi connectivity index (χ0v) is 15.3. The van der Waals surface area contributed by atoms with E-state index in [0.717, 1.165) is 35.4 Å². The molecule has 0 fully saturated rings. The molecular formula is C18H16F3NO4S. The largest absolute Gasteiger partial charge is 0.573 e. The van der Waals surface area contributed by atoms with E-state index in [2.05, 4.69) is 10.1 Å². The van der Waals surface area contributed by atoms with E-state index >= 15 is 0 Å². The molecule has 0 aliphatic heterocycles. The Labute approximate surface area is 156 Å². The van der Waals surface area contributed by atoms with E-state index < -0.39 is 24.0 Å². The summed E-state index contributed by atoms with van der Waals surface area (Å²) >= 11 is 1.23. The molecule has 0 spiro atoms. The van der Waals surface area contributed by atoms with Gasteiger partial charge in [-0.25, -0.2) is 4.79 Å². The molecule has 1 aromatic carbocycles. The number of carbonyl (C=O) groups excluding carboxylic acids is 1. The molecule has 0 unspecified atom stereocenters. The Balaban J connectivity index is 1.84. The molecule has 0 saturated heterocycles. The number of alkyl halides is 3. The average molecular weight is 399 g/mol. The van der Waals surface area contributed by atoms with E-state index in [1.165, 1.54) is 23.5 Å². The van der Waals surface area contributed by atoms with E-state index in [4.69, 9.17) is 0 Å². The van der Waals surface area contributed by atoms with Gasteiger partial charge in [-0.15, -0.1) is 24.5 Å². The number of carbonyl (C=O) groups is 2. The number of hydrogen-bond donors (Lipinski definition) is 2. The van der Waals surface area contributed by atoms with Gasteiger partial charge in [-0.3, -0.25) is 4.79 Å². The lowest BCUT2D eigenvalue weighted by Crippen LogP contribution is -2.19. The molecule has 1 heterocycles. The highest BCUT2D eigenvalue weighted by molar-refractivity contribution is 7.17. The van der Waals surface area contributed by atoms with Gasteiger partial charge < -0.3 is 15.2 Å². The van der Waals surface area contributed by atoms with Gasteiger partial charge in [-0.1, -0.05) is 13.8 Å². The lowest BCUT2D eigenvalue weighted by Gasteiger charge is -2.19. The van der Waals surface area contributed by atoms with Crippen molar-refractivity contribution in [3.8, 4) is 5.75 Å². The zero-order chi connectivity index (χ0) is 20.0. The Morgan fingerprint density at radius 3 is 2.41 bits per heavy atom. The van der Waals surface area contributed by atoms with Gasteiger partial charge in [0.05, 0.1) is 5.56 Å². The number of rotatable bonds is 4. The van der Waals surface area contributed by atoms with Gasteiger partial charge in [0.2, 0.25) is 0 Å². The number of halogens is 3. The number of fused-ring (bicyclic) bond motifs is 1. The van der Waals surface area contributed by atoms with E-state index in [0.29, 0.717) is 0 Å². The molecule has 9 heteroatoms. The molecular weight excluding hydrogens is 383 g/mol. The summed E-state index contributed by atoms with van der Waals surface area (Å²) < 4.78 is 40.3. The molecule has 2 N–H and O–H groups in total. The molecule has 2 aromatic rings. The SMILES string of the molecule is CC1(C)CCc2sc(NC(=O)c3ccc(OC(F)(F)F)cc3)c(C(=O)O)c21. The van der Waals surface area contributed by atoms with Gasteiger partial charge >= 0.3 is 12.3 Å². The number of carboxylic acids is 1. The molecule has 1 aromatic heterocycles. The number of amides is 1. The highest BCUT2D eigenvalue weighted by Crippen LogP contribution is 2.48. The van der Waals surface area contributed by atoms with Crippen molar-refractivity contribution >= 4 is 28.2 Å². The number of nitrogens with one attached hydrogen (secondary N) is 1. The van der Waals surface area contributed by atoms with Crippen LogP contribution in [0.4, 0.5) is 18.2 Å². The van der Waals surface area contributed by atoms with Gasteiger partial charge in [-0.2, -0.15) is 0 Å². The third-order valence-corrected chi connectivity index (χ3v) is 5.59. The minimum Gasteiger partial charge on any atom is -0.478 e. The molecule has 3 rings (SSSR count). The van der Waals surface area contributed by atoms with Crippen LogP contribution in [0.25, 0.3) is 0 Å². The normalized spacial score (nSPS) is 15.3. The van der Waals surface area contributed by atoms with E-state index in [1.54, 1.807) is 0 Å². The molecule has 0 radical (unpaired) electrons. The smallest absolute Gasteiger partial charge is 0.478 e. The van der Waals surface area contributed by atoms with Crippen molar-refractivity contribution in [2.45, 2.75) is 38.5 Å². The molecule has 0 saturated carbocycles. The topological polar surface area (TPSA) is 75.6 Å². The fraction of sp³-hybridized carbons (Fsp3) is 0.333. The van der Waals surface area contributed by atoms with Crippen LogP contribution in [0.5, 0.6) is 5.75 Å². The fourth-order valence-electron chi connectivity index (χ4n) is 3.20. The first-order chi connectivity index (χ1) is 12.5. The molecule has 1 aliphatic carbocycles. The summed E-state index contributed by atoms with van der Waals surface area (Å²) in [4.78, 5) is 25.1. The zero-order valence-electron chi connectivity index (χ0n) is 14.4. The van der Waals surface area contributed by atoms with Gasteiger partial charge in [0.25, 0.3) is 5.91 Å². The van der Waals surface area contributed by atoms with Gasteiger partial charge in [0, 0.05) is 10.4 Å². The monoisotopic (exact) mass is 399 g/mol. The number of ether oxygens (including phenoxy) is 1. The van der Waals surface area contributed by atoms with Gasteiger partial charge in [-0.05, 0) is 48.1 Å². The predicted molar refractivity (Wildman–Crippen MR) is 93.7 cm³/mol. The summed E-state index contributed by atoms with van der Waals surface area (Å²) in [5.41, 5.74) is 0.625. The number of benzene rings is 1. The first-order valence-electron chi connectivity index (χ1n) is 8.04. The van der Waals surface area contributed by atoms with Crippen LogP contribution in [0.1, 0.15) is 51.4 Å². The highest BCUT2D eigenvalue weighted by atomic mass is 32.1. The van der Waals surface area contributed by atoms with Crippen LogP contribution in [-0.4, -0.2) is 23.3 Å². The second-order valence-corrected chi connectivity index (χ2v) is 7.92. The summed E-state index contributed by atoms with van der Waals surface area (Å²) in [7, 11) is 0. The summed E-state index contributed by atoms with van der Waals surface area (Å²) in [5.74, 6) is -2.16. The number of aryl methyl sites for hydroxylation is 1. The van der Waals surface area contributed by atoms with Crippen molar-refractivity contribution in [3.05, 3.63) is 45.8 Å². The van der Waals surface area contributed by atoms with Crippen LogP contribution in [0.15, 0.2) is 24.3 Å². The Morgan fingerprint density at radius 1 is 1.22 bits per heavy atom. The maximum atomic E-state index is 12.4. The molecule has 5 nitrogen and oxygen atoms in total. The van der Waals surface area contributed by atoms with Gasteiger partial charge in [0.15, 0.2) is 0 Å². The number of carboxylic acid groups (broad SMARTS) is 1. The molecule has 0 atom stereocenters. The molecule has 1 amide bonds. The van der Waals surface area contributed by atoms with Crippen molar-refractivity contribution in [1.29, 1.82) is 0 Å². The van der Waals surface area contributed by atoms with E-state index in [-0.39, 0.29) is 21.5 Å². The fourth-order valence-corrected chi connectivity index (χ4v) is 4.56. The van der Waals surface area contributed by atoms with Crippen molar-refractivity contribution < 1.29 is 32.6 Å². The Bertz CT molecular complexity index is 901. The van der Waals surface area contributed by atoms with Crippen molar-refractivity contribution in [3.63, 3.8) is 0 Å². The van der Waals surface area contributed by atoms with Crippen LogP contribution in [-0.2, 0) is 11.8 Å². The van der Waals surface area contributed by atoms with E-state index in [1.807, 2.05) is 13.8 Å². The highest BCUT2D eigenvalue weighted by Gasteiger charge is 2.38. The van der Waals surface area contributed by atoms with E-state index in [9.17, 15) is 27.9 Å². The summed E-state index contributed by atoms with van der Waals surface area (Å²) in [6.07, 6.45) is -3.24. The number of hydrogen-bond acceptors (Lipinski definition) is 4. The summed E-state index contributed by atoms with van der Waals surface area (Å²) in [6.45, 7) is 3.92. The second kappa shape index (κ2) is 6.56. The summed E-state index contributed by atoms with van der Waals surface area (Å²) in [6, 6.07) is 4.42. The standard InChI is InChI=1S/C18H16F3NO4S/c1-17(2)8-7-11-13(17)12(16(24)25)15(27-11)22-14(23)9-3-5-10(6-4-9)26-18(19,20)21/h3-6H,7-8H2,1-2H3,(H,22,23)(H,24,25). The van der Waals surface area contributed by atoms with Crippen LogP contribution < -0.4 is 10.1 Å². The molecule has 0 bridgehead atoms. The average Bonchev–Trinajstić information content (AvgIpc) is 3.04. The number of aromatic carboxylic acids is 1. The molecule has 144 valence electrons. The molecule has 27 heavy (non-hydrogen) atoms. The van der Waals surface area contributed by atoms with Crippen LogP contribution in [0.2, 0.25) is 0 Å². The van der Waals surface area contributed by atoms with Gasteiger partial charge in [0.1, 0.15) is 10.8 Å². The molecule has 1 aliphatic rings. The maximum absolute atomic E-state index is 12.4. The van der Waals surface area contributed by atoms with Crippen LogP contribution in [0.3, 0.4) is 0 Å². The second-order valence-electron chi connectivity index (χ2n) is 6.82. The van der Waals surface area contributed by atoms with Crippen LogP contribution >= 0.6 is 11.3 Å². The van der Waals surface area contributed by atoms with Crippen molar-refractivity contribution in [1.82, 2.24) is 0 Å². The Morgan fingerprint density at radius 2 is 1.85 bits per heavy atom. The third-order valence-electron chi connectivity index (χ3n) is 4.43. The van der Waals surface area contributed by atoms with Crippen LogP contribution in [0, 0.1) is 0 Å². The predicted octanol–water partition coefficient (Wildman–Crippen LogP) is 4.82. The number of thiophene rings is 1. The Kier molecular flexibility index (Phi) is 4.67. The third kappa shape index (κ3) is 3.92. The number of anilines is 1. The van der Waals surface area contributed by atoms with Crippen molar-refractivity contribution in [2.24, 2.45) is 0 Å².